The SMILES string of the molecule is COC1=C(c2cnco2)C=CCC(NC(=O)c2ncn3c(C)cc(C)nc23)=C1. The highest BCUT2D eigenvalue weighted by Gasteiger charge is 2.19. The molecule has 8 nitrogen and oxygen atoms in total. The van der Waals surface area contributed by atoms with E-state index in [1.165, 1.54) is 6.39 Å². The monoisotopic (exact) mass is 377 g/mol. The molecule has 1 N–H and O–H groups in total. The summed E-state index contributed by atoms with van der Waals surface area (Å²) in [5.74, 6) is 0.839. The molecule has 3 heterocycles. The molecule has 0 atom stereocenters. The molecule has 0 spiro atoms. The molecule has 1 aliphatic rings. The van der Waals surface area contributed by atoms with E-state index in [0.29, 0.717) is 29.3 Å². The fraction of sp³-hybridized carbons (Fsp3) is 0.200. The maximum Gasteiger partial charge on any atom is 0.277 e. The summed E-state index contributed by atoms with van der Waals surface area (Å²) in [5, 5.41) is 2.92. The van der Waals surface area contributed by atoms with E-state index in [1.54, 1.807) is 30.1 Å². The number of carbonyl (C=O) groups is 1. The number of aryl methyl sites for hydroxylation is 2. The predicted molar refractivity (Wildman–Crippen MR) is 102 cm³/mol. The number of carbonyl (C=O) groups excluding carboxylic acids is 1. The highest BCUT2D eigenvalue weighted by molar-refractivity contribution is 5.99. The topological polar surface area (TPSA) is 94.6 Å². The maximum atomic E-state index is 12.9. The first-order valence-corrected chi connectivity index (χ1v) is 8.73. The number of fused-ring (bicyclic) bond motifs is 1. The molecule has 1 aliphatic carbocycles. The third-order valence-electron chi connectivity index (χ3n) is 4.42. The summed E-state index contributed by atoms with van der Waals surface area (Å²) < 4.78 is 12.7. The molecule has 0 aliphatic heterocycles. The first-order chi connectivity index (χ1) is 13.6. The maximum absolute atomic E-state index is 12.9. The Kier molecular flexibility index (Phi) is 4.52. The Hall–Kier alpha value is -3.68. The molecule has 0 radical (unpaired) electrons. The van der Waals surface area contributed by atoms with Gasteiger partial charge in [0.1, 0.15) is 12.1 Å². The van der Waals surface area contributed by atoms with Crippen LogP contribution in [0.3, 0.4) is 0 Å². The Morgan fingerprint density at radius 1 is 1.36 bits per heavy atom. The highest BCUT2D eigenvalue weighted by atomic mass is 16.5. The largest absolute Gasteiger partial charge is 0.496 e. The van der Waals surface area contributed by atoms with E-state index >= 15 is 0 Å². The second-order valence-electron chi connectivity index (χ2n) is 6.40. The van der Waals surface area contributed by atoms with Crippen molar-refractivity contribution in [2.45, 2.75) is 20.3 Å². The third-order valence-corrected chi connectivity index (χ3v) is 4.42. The lowest BCUT2D eigenvalue weighted by Crippen LogP contribution is -2.23. The van der Waals surface area contributed by atoms with Crippen LogP contribution in [0.1, 0.15) is 34.1 Å². The average Bonchev–Trinajstić information content (AvgIpc) is 3.29. The van der Waals surface area contributed by atoms with Gasteiger partial charge in [-0.25, -0.2) is 15.0 Å². The van der Waals surface area contributed by atoms with Crippen LogP contribution in [0.4, 0.5) is 0 Å². The number of allylic oxidation sites excluding steroid dienone is 4. The quantitative estimate of drug-likeness (QED) is 0.751. The zero-order chi connectivity index (χ0) is 19.7. The van der Waals surface area contributed by atoms with E-state index in [2.05, 4.69) is 20.3 Å². The van der Waals surface area contributed by atoms with E-state index in [1.807, 2.05) is 32.1 Å². The first-order valence-electron chi connectivity index (χ1n) is 8.73. The summed E-state index contributed by atoms with van der Waals surface area (Å²) >= 11 is 0. The van der Waals surface area contributed by atoms with Gasteiger partial charge in [-0.15, -0.1) is 0 Å². The van der Waals surface area contributed by atoms with E-state index in [4.69, 9.17) is 9.15 Å². The summed E-state index contributed by atoms with van der Waals surface area (Å²) in [6.45, 7) is 3.84. The molecule has 0 saturated heterocycles. The minimum atomic E-state index is -0.321. The average molecular weight is 377 g/mol. The molecule has 4 rings (SSSR count). The zero-order valence-corrected chi connectivity index (χ0v) is 15.8. The highest BCUT2D eigenvalue weighted by Crippen LogP contribution is 2.25. The van der Waals surface area contributed by atoms with Crippen molar-refractivity contribution in [2.75, 3.05) is 7.11 Å². The molecule has 0 aromatic carbocycles. The summed E-state index contributed by atoms with van der Waals surface area (Å²) in [5.41, 5.74) is 4.04. The number of nitrogens with one attached hydrogen (secondary N) is 1. The van der Waals surface area contributed by atoms with Gasteiger partial charge in [-0.2, -0.15) is 0 Å². The number of hydrogen-bond acceptors (Lipinski definition) is 6. The molecular weight excluding hydrogens is 358 g/mol. The van der Waals surface area contributed by atoms with Gasteiger partial charge in [0, 0.05) is 29.6 Å². The van der Waals surface area contributed by atoms with Crippen LogP contribution in [-0.4, -0.2) is 32.4 Å². The number of amides is 1. The molecule has 3 aromatic heterocycles. The zero-order valence-electron chi connectivity index (χ0n) is 15.8. The number of ether oxygens (including phenoxy) is 1. The Bertz CT molecular complexity index is 1140. The molecule has 1 amide bonds. The summed E-state index contributed by atoms with van der Waals surface area (Å²) in [7, 11) is 1.57. The van der Waals surface area contributed by atoms with Crippen LogP contribution in [0.15, 0.2) is 59.1 Å². The van der Waals surface area contributed by atoms with Gasteiger partial charge >= 0.3 is 0 Å². The van der Waals surface area contributed by atoms with Crippen LogP contribution in [0.25, 0.3) is 11.2 Å². The smallest absolute Gasteiger partial charge is 0.277 e. The van der Waals surface area contributed by atoms with Crippen LogP contribution >= 0.6 is 0 Å². The normalized spacial score (nSPS) is 14.2. The molecule has 0 bridgehead atoms. The van der Waals surface area contributed by atoms with Gasteiger partial charge in [0.15, 0.2) is 23.5 Å². The second-order valence-corrected chi connectivity index (χ2v) is 6.40. The Morgan fingerprint density at radius 2 is 2.21 bits per heavy atom. The van der Waals surface area contributed by atoms with Gasteiger partial charge < -0.3 is 14.5 Å². The molecule has 142 valence electrons. The predicted octanol–water partition coefficient (Wildman–Crippen LogP) is 2.97. The minimum Gasteiger partial charge on any atom is -0.496 e. The van der Waals surface area contributed by atoms with Gasteiger partial charge in [-0.3, -0.25) is 9.20 Å². The molecule has 0 saturated carbocycles. The van der Waals surface area contributed by atoms with E-state index in [-0.39, 0.29) is 11.6 Å². The van der Waals surface area contributed by atoms with Gasteiger partial charge in [0.05, 0.1) is 18.9 Å². The van der Waals surface area contributed by atoms with Crippen molar-refractivity contribution in [3.63, 3.8) is 0 Å². The number of rotatable bonds is 4. The summed E-state index contributed by atoms with van der Waals surface area (Å²) in [6.07, 6.45) is 10.7. The molecule has 28 heavy (non-hydrogen) atoms. The number of methoxy groups -OCH3 is 1. The van der Waals surface area contributed by atoms with Crippen LogP contribution in [0, 0.1) is 13.8 Å². The third kappa shape index (κ3) is 3.20. The van der Waals surface area contributed by atoms with Crippen LogP contribution in [0.5, 0.6) is 0 Å². The molecular formula is C20H19N5O3. The fourth-order valence-corrected chi connectivity index (χ4v) is 3.13. The van der Waals surface area contributed by atoms with Crippen molar-refractivity contribution < 1.29 is 13.9 Å². The standard InChI is InChI=1S/C20H19N5O3/c1-12-7-13(2)25-10-22-18(19(25)23-12)20(26)24-14-5-4-6-15(16(8-14)27-3)17-9-21-11-28-17/h4,6-11H,5H2,1-3H3,(H,24,26). The first kappa shape index (κ1) is 17.7. The lowest BCUT2D eigenvalue weighted by Gasteiger charge is -2.09. The molecule has 3 aromatic rings. The molecule has 8 heteroatoms. The molecule has 0 unspecified atom stereocenters. The van der Waals surface area contributed by atoms with Crippen molar-refractivity contribution in [1.29, 1.82) is 0 Å². The van der Waals surface area contributed by atoms with Crippen molar-refractivity contribution in [3.05, 3.63) is 77.5 Å². The number of aromatic nitrogens is 4. The van der Waals surface area contributed by atoms with E-state index in [9.17, 15) is 4.79 Å². The second kappa shape index (κ2) is 7.15. The number of oxazole rings is 1. The number of imidazole rings is 1. The number of hydrogen-bond donors (Lipinski definition) is 1. The molecule has 0 fully saturated rings. The van der Waals surface area contributed by atoms with Crippen molar-refractivity contribution in [3.8, 4) is 0 Å². The Labute approximate surface area is 161 Å². The summed E-state index contributed by atoms with van der Waals surface area (Å²) in [6, 6.07) is 1.94. The number of nitrogens with zero attached hydrogens (tertiary/aromatic N) is 4. The lowest BCUT2D eigenvalue weighted by atomic mass is 10.2. The lowest BCUT2D eigenvalue weighted by molar-refractivity contribution is 0.0962. The van der Waals surface area contributed by atoms with Crippen molar-refractivity contribution >= 4 is 17.1 Å². The van der Waals surface area contributed by atoms with Gasteiger partial charge in [-0.05, 0) is 19.9 Å². The van der Waals surface area contributed by atoms with Crippen molar-refractivity contribution in [1.82, 2.24) is 24.7 Å². The van der Waals surface area contributed by atoms with Gasteiger partial charge in [-0.1, -0.05) is 12.2 Å². The Balaban J connectivity index is 1.66. The summed E-state index contributed by atoms with van der Waals surface area (Å²) in [4.78, 5) is 25.5. The minimum absolute atomic E-state index is 0.277. The van der Waals surface area contributed by atoms with Crippen LogP contribution in [0.2, 0.25) is 0 Å². The fourth-order valence-electron chi connectivity index (χ4n) is 3.13. The Morgan fingerprint density at radius 3 is 2.96 bits per heavy atom. The van der Waals surface area contributed by atoms with Crippen LogP contribution < -0.4 is 5.32 Å². The van der Waals surface area contributed by atoms with Gasteiger partial charge in [0.2, 0.25) is 0 Å². The van der Waals surface area contributed by atoms with Crippen molar-refractivity contribution in [2.24, 2.45) is 0 Å². The van der Waals surface area contributed by atoms with Crippen LogP contribution in [-0.2, 0) is 4.74 Å². The van der Waals surface area contributed by atoms with Gasteiger partial charge in [0.25, 0.3) is 5.91 Å². The van der Waals surface area contributed by atoms with E-state index in [0.717, 1.165) is 17.0 Å². The van der Waals surface area contributed by atoms with E-state index < -0.39 is 0 Å².